The van der Waals surface area contributed by atoms with E-state index in [1.165, 1.54) is 4.90 Å². The van der Waals surface area contributed by atoms with Crippen LogP contribution >= 0.6 is 34.5 Å². The molecule has 1 aromatic heterocycles. The Labute approximate surface area is 244 Å². The van der Waals surface area contributed by atoms with Crippen LogP contribution in [0.2, 0.25) is 10.0 Å². The summed E-state index contributed by atoms with van der Waals surface area (Å²) in [5, 5.41) is 10.6. The predicted octanol–water partition coefficient (Wildman–Crippen LogP) is 6.21. The third-order valence-corrected chi connectivity index (χ3v) is 9.56. The van der Waals surface area contributed by atoms with Crippen molar-refractivity contribution in [3.05, 3.63) is 38.4 Å². The van der Waals surface area contributed by atoms with Crippen molar-refractivity contribution < 1.29 is 45.8 Å². The minimum Gasteiger partial charge on any atom is -0.381 e. The molecule has 4 rings (SSSR count). The van der Waals surface area contributed by atoms with Gasteiger partial charge in [0.1, 0.15) is 5.69 Å². The normalized spacial score (nSPS) is 18.9. The van der Waals surface area contributed by atoms with Crippen LogP contribution < -0.4 is 5.32 Å². The van der Waals surface area contributed by atoms with Crippen molar-refractivity contribution in [3.8, 4) is 10.4 Å². The van der Waals surface area contributed by atoms with Gasteiger partial charge in [0.2, 0.25) is 0 Å². The van der Waals surface area contributed by atoms with E-state index in [0.29, 0.717) is 30.6 Å². The molecule has 0 unspecified atom stereocenters. The molecule has 0 bridgehead atoms. The SMILES string of the molecule is CCN(CC)C(=O)c1nc(C(=O)N[C@H]2CC23CCOCC3)sc1-c1ccc(C(O)(C(F)(F)F)C(F)(F)F)c(Cl)c1Cl. The summed E-state index contributed by atoms with van der Waals surface area (Å²) in [6.45, 7) is 5.02. The standard InChI is InChI=1S/C25H25Cl2F6N3O4S/c1-3-36(4-2)21(38)17-18(41-20(35-17)19(37)34-14-11-22(14)7-9-40-10-8-22)12-5-6-13(16(27)15(12)26)23(39,24(28,29)30)25(31,32)33/h5-6,14,39H,3-4,7-11H2,1-2H3,(H,34,37)/t14-/m0/s1. The lowest BCUT2D eigenvalue weighted by Gasteiger charge is -2.33. The summed E-state index contributed by atoms with van der Waals surface area (Å²) >= 11 is 12.8. The Morgan fingerprint density at radius 3 is 2.22 bits per heavy atom. The molecule has 2 aromatic rings. The highest BCUT2D eigenvalue weighted by atomic mass is 35.5. The third-order valence-electron chi connectivity index (χ3n) is 7.60. The molecule has 1 aromatic carbocycles. The first-order valence-corrected chi connectivity index (χ1v) is 14.1. The number of thiazole rings is 1. The molecule has 1 aliphatic heterocycles. The molecule has 0 radical (unpaired) electrons. The number of carbonyl (C=O) groups excluding carboxylic acids is 2. The molecule has 2 fully saturated rings. The van der Waals surface area contributed by atoms with Crippen LogP contribution in [-0.4, -0.2) is 71.5 Å². The third kappa shape index (κ3) is 5.53. The fraction of sp³-hybridized carbons (Fsp3) is 0.560. The molecule has 1 aliphatic carbocycles. The van der Waals surface area contributed by atoms with Gasteiger partial charge in [-0.1, -0.05) is 35.3 Å². The maximum Gasteiger partial charge on any atom is 0.430 e. The zero-order chi connectivity index (χ0) is 30.5. The van der Waals surface area contributed by atoms with Crippen LogP contribution in [-0.2, 0) is 10.3 Å². The van der Waals surface area contributed by atoms with Crippen LogP contribution in [0.1, 0.15) is 59.0 Å². The Balaban J connectivity index is 1.78. The number of ether oxygens (including phenoxy) is 1. The largest absolute Gasteiger partial charge is 0.430 e. The highest BCUT2D eigenvalue weighted by Crippen LogP contribution is 2.55. The van der Waals surface area contributed by atoms with Gasteiger partial charge >= 0.3 is 12.4 Å². The summed E-state index contributed by atoms with van der Waals surface area (Å²) < 4.78 is 86.4. The molecule has 2 aliphatic rings. The van der Waals surface area contributed by atoms with E-state index < -0.39 is 45.4 Å². The van der Waals surface area contributed by atoms with E-state index in [0.717, 1.165) is 25.3 Å². The zero-order valence-corrected chi connectivity index (χ0v) is 24.0. The second-order valence-electron chi connectivity index (χ2n) is 9.87. The van der Waals surface area contributed by atoms with Gasteiger partial charge in [-0.15, -0.1) is 11.3 Å². The first-order chi connectivity index (χ1) is 19.0. The lowest BCUT2D eigenvalue weighted by molar-refractivity contribution is -0.376. The van der Waals surface area contributed by atoms with E-state index in [1.54, 1.807) is 13.8 Å². The van der Waals surface area contributed by atoms with Crippen molar-refractivity contribution in [2.45, 2.75) is 57.1 Å². The van der Waals surface area contributed by atoms with E-state index in [1.807, 2.05) is 0 Å². The van der Waals surface area contributed by atoms with Crippen LogP contribution in [0.5, 0.6) is 0 Å². The molecule has 16 heteroatoms. The monoisotopic (exact) mass is 647 g/mol. The van der Waals surface area contributed by atoms with Crippen LogP contribution in [0.4, 0.5) is 26.3 Å². The van der Waals surface area contributed by atoms with Crippen molar-refractivity contribution in [2.75, 3.05) is 26.3 Å². The minimum atomic E-state index is -6.19. The average molecular weight is 648 g/mol. The fourth-order valence-electron chi connectivity index (χ4n) is 4.98. The molecular weight excluding hydrogens is 623 g/mol. The summed E-state index contributed by atoms with van der Waals surface area (Å²) in [6.07, 6.45) is -10.1. The summed E-state index contributed by atoms with van der Waals surface area (Å²) in [4.78, 5) is 32.0. The smallest absolute Gasteiger partial charge is 0.381 e. The maximum absolute atomic E-state index is 13.5. The van der Waals surface area contributed by atoms with E-state index in [4.69, 9.17) is 27.9 Å². The van der Waals surface area contributed by atoms with Gasteiger partial charge in [0.15, 0.2) is 5.01 Å². The Morgan fingerprint density at radius 2 is 1.68 bits per heavy atom. The number of nitrogens with zero attached hydrogens (tertiary/aromatic N) is 2. The first-order valence-electron chi connectivity index (χ1n) is 12.6. The number of amides is 2. The molecule has 2 amide bonds. The van der Waals surface area contributed by atoms with Gasteiger partial charge in [-0.2, -0.15) is 26.3 Å². The van der Waals surface area contributed by atoms with Crippen molar-refractivity contribution in [1.82, 2.24) is 15.2 Å². The van der Waals surface area contributed by atoms with Gasteiger partial charge in [0.05, 0.1) is 14.9 Å². The van der Waals surface area contributed by atoms with Crippen LogP contribution in [0.25, 0.3) is 10.4 Å². The molecule has 2 heterocycles. The topological polar surface area (TPSA) is 91.8 Å². The number of alkyl halides is 6. The Morgan fingerprint density at radius 1 is 1.10 bits per heavy atom. The highest BCUT2D eigenvalue weighted by molar-refractivity contribution is 7.17. The van der Waals surface area contributed by atoms with E-state index in [-0.39, 0.29) is 45.7 Å². The van der Waals surface area contributed by atoms with Gasteiger partial charge in [-0.25, -0.2) is 4.98 Å². The van der Waals surface area contributed by atoms with Crippen molar-refractivity contribution in [3.63, 3.8) is 0 Å². The van der Waals surface area contributed by atoms with Gasteiger partial charge in [0, 0.05) is 43.5 Å². The summed E-state index contributed by atoms with van der Waals surface area (Å²) in [6, 6.07) is 0.986. The number of hydrogen-bond acceptors (Lipinski definition) is 6. The molecular formula is C25H25Cl2F6N3O4S. The van der Waals surface area contributed by atoms with Gasteiger partial charge < -0.3 is 20.1 Å². The van der Waals surface area contributed by atoms with E-state index >= 15 is 0 Å². The highest BCUT2D eigenvalue weighted by Gasteiger charge is 2.72. The van der Waals surface area contributed by atoms with Crippen molar-refractivity contribution in [2.24, 2.45) is 5.41 Å². The first kappa shape index (κ1) is 31.8. The molecule has 7 nitrogen and oxygen atoms in total. The lowest BCUT2D eigenvalue weighted by Crippen LogP contribution is -2.54. The fourth-order valence-corrected chi connectivity index (χ4v) is 6.59. The van der Waals surface area contributed by atoms with E-state index in [2.05, 4.69) is 10.3 Å². The number of rotatable bonds is 7. The number of hydrogen-bond donors (Lipinski definition) is 2. The molecule has 1 spiro atoms. The average Bonchev–Trinajstić information content (AvgIpc) is 3.33. The quantitative estimate of drug-likeness (QED) is 0.349. The number of aliphatic hydroxyl groups is 1. The number of aromatic nitrogens is 1. The lowest BCUT2D eigenvalue weighted by atomic mass is 9.91. The second-order valence-corrected chi connectivity index (χ2v) is 11.6. The molecule has 1 saturated carbocycles. The number of benzene rings is 1. The van der Waals surface area contributed by atoms with Crippen LogP contribution in [0.3, 0.4) is 0 Å². The molecule has 1 saturated heterocycles. The second kappa shape index (κ2) is 11.2. The van der Waals surface area contributed by atoms with Gasteiger partial charge in [0.25, 0.3) is 17.4 Å². The Bertz CT molecular complexity index is 1330. The molecule has 226 valence electrons. The van der Waals surface area contributed by atoms with Crippen LogP contribution in [0.15, 0.2) is 12.1 Å². The molecule has 2 N–H and O–H groups in total. The van der Waals surface area contributed by atoms with Crippen molar-refractivity contribution >= 4 is 46.4 Å². The van der Waals surface area contributed by atoms with Crippen LogP contribution in [0, 0.1) is 5.41 Å². The van der Waals surface area contributed by atoms with Gasteiger partial charge in [-0.3, -0.25) is 9.59 Å². The zero-order valence-electron chi connectivity index (χ0n) is 21.7. The molecule has 41 heavy (non-hydrogen) atoms. The molecule has 1 atom stereocenters. The Hall–Kier alpha value is -2.13. The summed E-state index contributed by atoms with van der Waals surface area (Å²) in [5.41, 5.74) is -7.63. The van der Waals surface area contributed by atoms with Gasteiger partial charge in [-0.05, 0) is 38.5 Å². The maximum atomic E-state index is 13.5. The number of carbonyl (C=O) groups is 2. The number of halogens is 8. The Kier molecular flexibility index (Phi) is 8.67. The van der Waals surface area contributed by atoms with Crippen molar-refractivity contribution in [1.29, 1.82) is 0 Å². The predicted molar refractivity (Wildman–Crippen MR) is 139 cm³/mol. The minimum absolute atomic E-state index is 0.0751. The number of nitrogens with one attached hydrogen (secondary N) is 1. The summed E-state index contributed by atoms with van der Waals surface area (Å²) in [7, 11) is 0. The summed E-state index contributed by atoms with van der Waals surface area (Å²) in [5.74, 6) is -1.23. The van der Waals surface area contributed by atoms with E-state index in [9.17, 15) is 41.0 Å².